The Morgan fingerprint density at radius 3 is 1.80 bits per heavy atom. The lowest BCUT2D eigenvalue weighted by Crippen LogP contribution is -2.33. The molecule has 0 saturated carbocycles. The Kier molecular flexibility index (Phi) is 4.36. The first-order chi connectivity index (χ1) is 4.46. The molecule has 0 aliphatic heterocycles. The quantitative estimate of drug-likeness (QED) is 0.675. The van der Waals surface area contributed by atoms with E-state index in [0.29, 0.717) is 0 Å². The Morgan fingerprint density at radius 1 is 1.30 bits per heavy atom. The highest BCUT2D eigenvalue weighted by atomic mass is 35.5. The van der Waals surface area contributed by atoms with Crippen molar-refractivity contribution in [3.63, 3.8) is 0 Å². The highest BCUT2D eigenvalue weighted by Gasteiger charge is 2.28. The zero-order chi connectivity index (χ0) is 8.31. The maximum atomic E-state index is 9.99. The largest absolute Gasteiger partial charge is 0.479 e. The lowest BCUT2D eigenvalue weighted by molar-refractivity contribution is -0.146. The molecule has 0 aliphatic carbocycles. The molecule has 2 N–H and O–H groups in total. The van der Waals surface area contributed by atoms with E-state index in [0.717, 1.165) is 0 Å². The molecule has 3 nitrogen and oxygen atoms in total. The van der Waals surface area contributed by atoms with Crippen LogP contribution in [0.15, 0.2) is 0 Å². The highest BCUT2D eigenvalue weighted by molar-refractivity contribution is 6.48. The third kappa shape index (κ3) is 2.92. The van der Waals surface area contributed by atoms with Crippen LogP contribution in [0.4, 0.5) is 0 Å². The van der Waals surface area contributed by atoms with E-state index in [2.05, 4.69) is 0 Å². The molecule has 0 aromatic heterocycles. The van der Waals surface area contributed by atoms with E-state index in [-0.39, 0.29) is 0 Å². The van der Waals surface area contributed by atoms with Gasteiger partial charge in [0.25, 0.3) is 0 Å². The number of alkyl halides is 3. The fraction of sp³-hybridized carbons (Fsp3) is 0.750. The number of carboxylic acids is 1. The average molecular weight is 207 g/mol. The molecule has 10 heavy (non-hydrogen) atoms. The first-order valence-corrected chi connectivity index (χ1v) is 3.61. The van der Waals surface area contributed by atoms with Crippen molar-refractivity contribution in [2.45, 2.75) is 16.3 Å². The average Bonchev–Trinajstić information content (AvgIpc) is 1.84. The molecule has 60 valence electrons. The number of rotatable bonds is 3. The van der Waals surface area contributed by atoms with Crippen LogP contribution in [-0.4, -0.2) is 32.5 Å². The van der Waals surface area contributed by atoms with Gasteiger partial charge in [0.1, 0.15) is 10.2 Å². The summed E-state index contributed by atoms with van der Waals surface area (Å²) in [5, 5.41) is 15.6. The number of aliphatic hydroxyl groups is 1. The first-order valence-electron chi connectivity index (χ1n) is 2.30. The maximum absolute atomic E-state index is 9.99. The molecule has 6 heteroatoms. The van der Waals surface area contributed by atoms with Gasteiger partial charge in [0.05, 0.1) is 0 Å². The molecule has 0 bridgehead atoms. The third-order valence-corrected chi connectivity index (χ3v) is 2.09. The second kappa shape index (κ2) is 4.23. The number of halogens is 3. The van der Waals surface area contributed by atoms with Crippen LogP contribution in [0.2, 0.25) is 0 Å². The van der Waals surface area contributed by atoms with Gasteiger partial charge in [-0.25, -0.2) is 4.79 Å². The molecular formula is C4H5Cl3O3. The van der Waals surface area contributed by atoms with Gasteiger partial charge in [0.15, 0.2) is 6.10 Å². The van der Waals surface area contributed by atoms with Crippen molar-refractivity contribution in [1.29, 1.82) is 0 Å². The van der Waals surface area contributed by atoms with Gasteiger partial charge in [0.2, 0.25) is 0 Å². The van der Waals surface area contributed by atoms with E-state index < -0.39 is 22.3 Å². The molecule has 0 spiro atoms. The minimum Gasteiger partial charge on any atom is -0.479 e. The van der Waals surface area contributed by atoms with Crippen LogP contribution in [0, 0.1) is 0 Å². The standard InChI is InChI=1S/C4H5Cl3O3/c5-1(3(6)7)2(8)4(9)10/h1-3,8H,(H,9,10). The normalized spacial score (nSPS) is 16.9. The molecule has 0 aromatic rings. The second-order valence-electron chi connectivity index (χ2n) is 1.56. The van der Waals surface area contributed by atoms with Crippen LogP contribution >= 0.6 is 34.8 Å². The molecule has 0 aromatic carbocycles. The topological polar surface area (TPSA) is 57.5 Å². The lowest BCUT2D eigenvalue weighted by Gasteiger charge is -2.12. The number of aliphatic carboxylic acids is 1. The van der Waals surface area contributed by atoms with E-state index in [1.54, 1.807) is 0 Å². The highest BCUT2D eigenvalue weighted by Crippen LogP contribution is 2.17. The van der Waals surface area contributed by atoms with E-state index in [9.17, 15) is 4.79 Å². The van der Waals surface area contributed by atoms with Crippen LogP contribution in [0.5, 0.6) is 0 Å². The van der Waals surface area contributed by atoms with Gasteiger partial charge >= 0.3 is 5.97 Å². The maximum Gasteiger partial charge on any atom is 0.334 e. The van der Waals surface area contributed by atoms with E-state index >= 15 is 0 Å². The summed E-state index contributed by atoms with van der Waals surface area (Å²) in [5.74, 6) is -1.44. The summed E-state index contributed by atoms with van der Waals surface area (Å²) in [6, 6.07) is 0. The summed E-state index contributed by atoms with van der Waals surface area (Å²) in [6.45, 7) is 0. The Morgan fingerprint density at radius 2 is 1.70 bits per heavy atom. The Bertz CT molecular complexity index is 127. The number of hydrogen-bond acceptors (Lipinski definition) is 2. The van der Waals surface area contributed by atoms with Crippen LogP contribution in [-0.2, 0) is 4.79 Å². The fourth-order valence-electron chi connectivity index (χ4n) is 0.274. The van der Waals surface area contributed by atoms with Crippen LogP contribution in [0.3, 0.4) is 0 Å². The number of carbonyl (C=O) groups is 1. The van der Waals surface area contributed by atoms with Gasteiger partial charge in [0, 0.05) is 0 Å². The van der Waals surface area contributed by atoms with Crippen LogP contribution in [0.25, 0.3) is 0 Å². The predicted molar refractivity (Wildman–Crippen MR) is 38.8 cm³/mol. The van der Waals surface area contributed by atoms with Crippen LogP contribution in [0.1, 0.15) is 0 Å². The molecule has 0 rings (SSSR count). The van der Waals surface area contributed by atoms with Crippen molar-refractivity contribution in [2.24, 2.45) is 0 Å². The molecule has 2 atom stereocenters. The van der Waals surface area contributed by atoms with E-state index in [1.165, 1.54) is 0 Å². The minimum absolute atomic E-state index is 1.09. The molecule has 0 heterocycles. The van der Waals surface area contributed by atoms with Crippen molar-refractivity contribution in [1.82, 2.24) is 0 Å². The SMILES string of the molecule is O=C(O)C(O)C(Cl)C(Cl)Cl. The fourth-order valence-corrected chi connectivity index (χ4v) is 0.657. The minimum atomic E-state index is -1.72. The molecule has 0 saturated heterocycles. The number of hydrogen-bond donors (Lipinski definition) is 2. The second-order valence-corrected chi connectivity index (χ2v) is 3.23. The number of aliphatic hydroxyl groups excluding tert-OH is 1. The van der Waals surface area contributed by atoms with E-state index in [1.807, 2.05) is 0 Å². The van der Waals surface area contributed by atoms with Crippen molar-refractivity contribution in [3.8, 4) is 0 Å². The molecule has 2 unspecified atom stereocenters. The monoisotopic (exact) mass is 206 g/mol. The van der Waals surface area contributed by atoms with Crippen molar-refractivity contribution < 1.29 is 15.0 Å². The number of carboxylic acid groups (broad SMARTS) is 1. The van der Waals surface area contributed by atoms with Crippen molar-refractivity contribution in [3.05, 3.63) is 0 Å². The van der Waals surface area contributed by atoms with E-state index in [4.69, 9.17) is 45.0 Å². The van der Waals surface area contributed by atoms with Crippen molar-refractivity contribution >= 4 is 40.8 Å². The van der Waals surface area contributed by atoms with Gasteiger partial charge in [-0.15, -0.1) is 34.8 Å². The third-order valence-electron chi connectivity index (χ3n) is 0.795. The molecular weight excluding hydrogens is 202 g/mol. The van der Waals surface area contributed by atoms with Gasteiger partial charge in [-0.05, 0) is 0 Å². The van der Waals surface area contributed by atoms with Gasteiger partial charge in [-0.1, -0.05) is 0 Å². The summed E-state index contributed by atoms with van der Waals surface area (Å²) >= 11 is 15.6. The first kappa shape index (κ1) is 10.3. The molecule has 0 aliphatic rings. The summed E-state index contributed by atoms with van der Waals surface area (Å²) in [6.07, 6.45) is -1.72. The zero-order valence-electron chi connectivity index (χ0n) is 4.67. The zero-order valence-corrected chi connectivity index (χ0v) is 6.94. The predicted octanol–water partition coefficient (Wildman–Crippen LogP) is 0.843. The molecule has 0 fully saturated rings. The summed E-state index contributed by atoms with van der Waals surface area (Å²) < 4.78 is 0. The summed E-state index contributed by atoms with van der Waals surface area (Å²) in [4.78, 5) is 8.90. The summed E-state index contributed by atoms with van der Waals surface area (Å²) in [5.41, 5.74) is 0. The molecule has 0 amide bonds. The van der Waals surface area contributed by atoms with Crippen molar-refractivity contribution in [2.75, 3.05) is 0 Å². The lowest BCUT2D eigenvalue weighted by atomic mass is 10.3. The van der Waals surface area contributed by atoms with Gasteiger partial charge < -0.3 is 10.2 Å². The smallest absolute Gasteiger partial charge is 0.334 e. The van der Waals surface area contributed by atoms with Gasteiger partial charge in [-0.3, -0.25) is 0 Å². The Labute approximate surface area is 72.5 Å². The summed E-state index contributed by atoms with van der Waals surface area (Å²) in [7, 11) is 0. The molecule has 0 radical (unpaired) electrons. The Hall–Kier alpha value is 0.300. The van der Waals surface area contributed by atoms with Gasteiger partial charge in [-0.2, -0.15) is 0 Å². The Balaban J connectivity index is 3.94. The van der Waals surface area contributed by atoms with Crippen LogP contribution < -0.4 is 0 Å².